The van der Waals surface area contributed by atoms with Crippen molar-refractivity contribution in [1.29, 1.82) is 0 Å². The van der Waals surface area contributed by atoms with Gasteiger partial charge in [-0.1, -0.05) is 31.2 Å². The summed E-state index contributed by atoms with van der Waals surface area (Å²) in [6.07, 6.45) is 2.66. The van der Waals surface area contributed by atoms with Crippen LogP contribution in [-0.2, 0) is 9.31 Å². The van der Waals surface area contributed by atoms with Gasteiger partial charge >= 0.3 is 7.12 Å². The van der Waals surface area contributed by atoms with Crippen LogP contribution in [0.5, 0.6) is 0 Å². The van der Waals surface area contributed by atoms with Crippen LogP contribution in [0.15, 0.2) is 24.3 Å². The highest BCUT2D eigenvalue weighted by atomic mass is 16.7. The van der Waals surface area contributed by atoms with Crippen LogP contribution in [0.1, 0.15) is 58.9 Å². The van der Waals surface area contributed by atoms with Gasteiger partial charge in [-0.3, -0.25) is 0 Å². The Bertz CT molecular complexity index is 470. The predicted octanol–water partition coefficient (Wildman–Crippen LogP) is 3.50. The van der Waals surface area contributed by atoms with Crippen molar-refractivity contribution >= 4 is 12.6 Å². The molecule has 0 aromatic heterocycles. The lowest BCUT2D eigenvalue weighted by Crippen LogP contribution is -2.41. The van der Waals surface area contributed by atoms with Crippen LogP contribution in [0, 0.1) is 5.92 Å². The molecular formula is C17H25BO2. The Hall–Kier alpha value is -0.795. The van der Waals surface area contributed by atoms with E-state index in [0.717, 1.165) is 17.3 Å². The average Bonchev–Trinajstić information content (AvgIpc) is 2.55. The highest BCUT2D eigenvalue weighted by Crippen LogP contribution is 2.41. The molecule has 0 bridgehead atoms. The zero-order valence-electron chi connectivity index (χ0n) is 13.3. The summed E-state index contributed by atoms with van der Waals surface area (Å²) in [5, 5.41) is 0. The van der Waals surface area contributed by atoms with E-state index in [2.05, 4.69) is 58.9 Å². The van der Waals surface area contributed by atoms with E-state index in [4.69, 9.17) is 9.31 Å². The molecule has 0 amide bonds. The number of benzene rings is 1. The number of rotatable bonds is 2. The Balaban J connectivity index is 1.73. The van der Waals surface area contributed by atoms with Crippen LogP contribution in [0.3, 0.4) is 0 Å². The fourth-order valence-corrected chi connectivity index (χ4v) is 3.08. The Morgan fingerprint density at radius 1 is 0.950 bits per heavy atom. The Morgan fingerprint density at radius 3 is 1.90 bits per heavy atom. The standard InChI is InChI=1S/C17H25BO2/c1-12-10-14(11-12)13-6-8-15(9-7-13)18-19-16(2,3)17(4,5)20-18/h6-9,12,14H,10-11H2,1-5H3. The zero-order chi connectivity index (χ0) is 14.5. The summed E-state index contributed by atoms with van der Waals surface area (Å²) in [6, 6.07) is 8.83. The van der Waals surface area contributed by atoms with Gasteiger partial charge in [0, 0.05) is 0 Å². The molecule has 0 unspecified atom stereocenters. The van der Waals surface area contributed by atoms with Crippen LogP contribution < -0.4 is 5.46 Å². The molecule has 1 aliphatic heterocycles. The van der Waals surface area contributed by atoms with Gasteiger partial charge in [0.05, 0.1) is 11.2 Å². The first-order chi connectivity index (χ1) is 9.28. The normalized spacial score (nSPS) is 31.1. The van der Waals surface area contributed by atoms with E-state index in [-0.39, 0.29) is 18.3 Å². The van der Waals surface area contributed by atoms with Gasteiger partial charge in [0.2, 0.25) is 0 Å². The lowest BCUT2D eigenvalue weighted by molar-refractivity contribution is 0.00578. The third-order valence-electron chi connectivity index (χ3n) is 5.31. The van der Waals surface area contributed by atoms with Crippen molar-refractivity contribution in [3.8, 4) is 0 Å². The van der Waals surface area contributed by atoms with Crippen molar-refractivity contribution in [3.63, 3.8) is 0 Å². The molecule has 0 spiro atoms. The Labute approximate surface area is 123 Å². The molecule has 1 heterocycles. The molecule has 2 aliphatic rings. The van der Waals surface area contributed by atoms with E-state index in [9.17, 15) is 0 Å². The summed E-state index contributed by atoms with van der Waals surface area (Å²) in [7, 11) is -0.241. The third kappa shape index (κ3) is 2.31. The molecular weight excluding hydrogens is 247 g/mol. The fraction of sp³-hybridized carbons (Fsp3) is 0.647. The second-order valence-electron chi connectivity index (χ2n) is 7.53. The van der Waals surface area contributed by atoms with Crippen LogP contribution in [0.2, 0.25) is 0 Å². The van der Waals surface area contributed by atoms with Crippen molar-refractivity contribution in [3.05, 3.63) is 29.8 Å². The second-order valence-corrected chi connectivity index (χ2v) is 7.53. The minimum Gasteiger partial charge on any atom is -0.399 e. The maximum atomic E-state index is 6.09. The monoisotopic (exact) mass is 272 g/mol. The maximum absolute atomic E-state index is 6.09. The van der Waals surface area contributed by atoms with Gasteiger partial charge in [0.1, 0.15) is 0 Å². The van der Waals surface area contributed by atoms with E-state index >= 15 is 0 Å². The average molecular weight is 272 g/mol. The van der Waals surface area contributed by atoms with Gasteiger partial charge in [-0.2, -0.15) is 0 Å². The SMILES string of the molecule is CC1CC(c2ccc(B3OC(C)(C)C(C)(C)O3)cc2)C1. The van der Waals surface area contributed by atoms with Gasteiger partial charge in [-0.25, -0.2) is 0 Å². The molecule has 1 aromatic rings. The molecule has 1 aromatic carbocycles. The smallest absolute Gasteiger partial charge is 0.399 e. The predicted molar refractivity (Wildman–Crippen MR) is 83.3 cm³/mol. The van der Waals surface area contributed by atoms with Crippen LogP contribution in [-0.4, -0.2) is 18.3 Å². The highest BCUT2D eigenvalue weighted by molar-refractivity contribution is 6.62. The van der Waals surface area contributed by atoms with Gasteiger partial charge in [0.25, 0.3) is 0 Å². The first-order valence-corrected chi connectivity index (χ1v) is 7.74. The molecule has 1 saturated heterocycles. The van der Waals surface area contributed by atoms with E-state index < -0.39 is 0 Å². The lowest BCUT2D eigenvalue weighted by atomic mass is 9.71. The summed E-state index contributed by atoms with van der Waals surface area (Å²) < 4.78 is 12.2. The molecule has 108 valence electrons. The molecule has 0 atom stereocenters. The van der Waals surface area contributed by atoms with Gasteiger partial charge in [-0.05, 0) is 63.4 Å². The van der Waals surface area contributed by atoms with Crippen LogP contribution in [0.25, 0.3) is 0 Å². The van der Waals surface area contributed by atoms with Crippen molar-refractivity contribution < 1.29 is 9.31 Å². The minimum atomic E-state index is -0.264. The molecule has 0 radical (unpaired) electrons. The van der Waals surface area contributed by atoms with Gasteiger partial charge < -0.3 is 9.31 Å². The largest absolute Gasteiger partial charge is 0.494 e. The quantitative estimate of drug-likeness (QED) is 0.767. The Morgan fingerprint density at radius 2 is 1.45 bits per heavy atom. The van der Waals surface area contributed by atoms with Gasteiger partial charge in [0.15, 0.2) is 0 Å². The van der Waals surface area contributed by atoms with Crippen molar-refractivity contribution in [2.45, 2.75) is 64.6 Å². The van der Waals surface area contributed by atoms with Crippen LogP contribution >= 0.6 is 0 Å². The lowest BCUT2D eigenvalue weighted by Gasteiger charge is -2.33. The van der Waals surface area contributed by atoms with Crippen molar-refractivity contribution in [2.75, 3.05) is 0 Å². The van der Waals surface area contributed by atoms with E-state index in [1.54, 1.807) is 0 Å². The molecule has 1 aliphatic carbocycles. The summed E-state index contributed by atoms with van der Waals surface area (Å²) in [6.45, 7) is 10.7. The number of hydrogen-bond donors (Lipinski definition) is 0. The molecule has 2 nitrogen and oxygen atoms in total. The zero-order valence-corrected chi connectivity index (χ0v) is 13.3. The highest BCUT2D eigenvalue weighted by Gasteiger charge is 2.51. The molecule has 20 heavy (non-hydrogen) atoms. The summed E-state index contributed by atoms with van der Waals surface area (Å²) in [5.74, 6) is 1.65. The summed E-state index contributed by atoms with van der Waals surface area (Å²) in [5.41, 5.74) is 2.06. The maximum Gasteiger partial charge on any atom is 0.494 e. The first-order valence-electron chi connectivity index (χ1n) is 7.74. The molecule has 1 saturated carbocycles. The Kier molecular flexibility index (Phi) is 3.26. The fourth-order valence-electron chi connectivity index (χ4n) is 3.08. The van der Waals surface area contributed by atoms with E-state index in [0.29, 0.717) is 0 Å². The first kappa shape index (κ1) is 14.2. The molecule has 0 N–H and O–H groups in total. The van der Waals surface area contributed by atoms with Gasteiger partial charge in [-0.15, -0.1) is 0 Å². The van der Waals surface area contributed by atoms with E-state index in [1.165, 1.54) is 18.4 Å². The van der Waals surface area contributed by atoms with Crippen molar-refractivity contribution in [1.82, 2.24) is 0 Å². The van der Waals surface area contributed by atoms with Crippen LogP contribution in [0.4, 0.5) is 0 Å². The van der Waals surface area contributed by atoms with Crippen molar-refractivity contribution in [2.24, 2.45) is 5.92 Å². The third-order valence-corrected chi connectivity index (χ3v) is 5.31. The molecule has 3 heteroatoms. The summed E-state index contributed by atoms with van der Waals surface area (Å²) >= 11 is 0. The topological polar surface area (TPSA) is 18.5 Å². The second kappa shape index (κ2) is 4.61. The van der Waals surface area contributed by atoms with E-state index in [1.807, 2.05) is 0 Å². The number of hydrogen-bond acceptors (Lipinski definition) is 2. The minimum absolute atomic E-state index is 0.241. The molecule has 2 fully saturated rings. The molecule has 3 rings (SSSR count). The summed E-state index contributed by atoms with van der Waals surface area (Å²) in [4.78, 5) is 0.